The highest BCUT2D eigenvalue weighted by atomic mass is 16.6. The summed E-state index contributed by atoms with van der Waals surface area (Å²) in [6.45, 7) is 0.208. The van der Waals surface area contributed by atoms with E-state index in [4.69, 9.17) is 9.47 Å². The predicted octanol–water partition coefficient (Wildman–Crippen LogP) is 3.30. The molecule has 0 aromatic heterocycles. The van der Waals surface area contributed by atoms with E-state index in [1.54, 1.807) is 6.07 Å². The molecule has 26 heavy (non-hydrogen) atoms. The highest BCUT2D eigenvalue weighted by molar-refractivity contribution is 5.81. The number of allylic oxidation sites excluding steroid dienone is 2. The average molecular weight is 350 g/mol. The first kappa shape index (κ1) is 16.5. The van der Waals surface area contributed by atoms with E-state index in [1.165, 1.54) is 5.56 Å². The van der Waals surface area contributed by atoms with Crippen LogP contribution in [0.2, 0.25) is 0 Å². The van der Waals surface area contributed by atoms with E-state index in [1.807, 2.05) is 24.3 Å². The maximum atomic E-state index is 12.3. The Balaban J connectivity index is 1.28. The highest BCUT2D eigenvalue weighted by Crippen LogP contribution is 2.32. The van der Waals surface area contributed by atoms with Gasteiger partial charge >= 0.3 is 0 Å². The molecule has 1 amide bonds. The lowest BCUT2D eigenvalue weighted by Gasteiger charge is -2.27. The molecule has 0 fully saturated rings. The lowest BCUT2D eigenvalue weighted by Crippen LogP contribution is -2.49. The molecule has 2 aromatic carbocycles. The summed E-state index contributed by atoms with van der Waals surface area (Å²) >= 11 is 0. The first-order chi connectivity index (χ1) is 12.8. The van der Waals surface area contributed by atoms with Crippen LogP contribution in [0.3, 0.4) is 0 Å². The summed E-state index contributed by atoms with van der Waals surface area (Å²) in [4.78, 5) is 12.3. The molecular formula is C21H22N2O3. The van der Waals surface area contributed by atoms with Crippen LogP contribution in [0.1, 0.15) is 30.7 Å². The van der Waals surface area contributed by atoms with E-state index in [0.29, 0.717) is 17.4 Å². The Labute approximate surface area is 153 Å². The van der Waals surface area contributed by atoms with Crippen LogP contribution in [0.25, 0.3) is 0 Å². The molecule has 0 bridgehead atoms. The second kappa shape index (κ2) is 7.52. The van der Waals surface area contributed by atoms with Gasteiger partial charge in [0.15, 0.2) is 11.5 Å². The normalized spacial score (nSPS) is 21.5. The first-order valence-electron chi connectivity index (χ1n) is 8.98. The number of rotatable bonds is 4. The van der Waals surface area contributed by atoms with E-state index in [0.717, 1.165) is 25.0 Å². The van der Waals surface area contributed by atoms with E-state index in [9.17, 15) is 4.79 Å². The number of para-hydroxylation sites is 2. The Morgan fingerprint density at radius 3 is 2.54 bits per heavy atom. The standard InChI is InChI=1S/C21H22N2O3/c24-21(20-14-25-18-8-4-5-9-19(18)26-20)23-22-17-12-10-16(11-13-17)15-6-2-1-3-7-15/h1-9,12,16,20,22H,10-11,13-14H2,(H,23,24)/t16-,20+/m0/s1. The van der Waals surface area contributed by atoms with Crippen molar-refractivity contribution in [1.29, 1.82) is 0 Å². The van der Waals surface area contributed by atoms with Crippen molar-refractivity contribution in [2.45, 2.75) is 31.3 Å². The van der Waals surface area contributed by atoms with Gasteiger partial charge in [0.25, 0.3) is 5.91 Å². The van der Waals surface area contributed by atoms with E-state index < -0.39 is 6.10 Å². The van der Waals surface area contributed by atoms with Crippen molar-refractivity contribution in [3.05, 3.63) is 71.9 Å². The smallest absolute Gasteiger partial charge is 0.282 e. The fourth-order valence-electron chi connectivity index (χ4n) is 3.35. The molecule has 1 heterocycles. The number of hydrogen-bond donors (Lipinski definition) is 2. The molecule has 0 saturated carbocycles. The van der Waals surface area contributed by atoms with Crippen LogP contribution in [-0.4, -0.2) is 18.6 Å². The molecule has 134 valence electrons. The summed E-state index contributed by atoms with van der Waals surface area (Å²) in [6, 6.07) is 17.9. The molecule has 5 nitrogen and oxygen atoms in total. The molecule has 1 aliphatic heterocycles. The minimum atomic E-state index is -0.654. The molecule has 0 radical (unpaired) electrons. The number of hydrogen-bond acceptors (Lipinski definition) is 4. The molecule has 0 unspecified atom stereocenters. The molecular weight excluding hydrogens is 328 g/mol. The number of carbonyl (C=O) groups excluding carboxylic acids is 1. The number of amides is 1. The van der Waals surface area contributed by atoms with Gasteiger partial charge in [-0.2, -0.15) is 0 Å². The van der Waals surface area contributed by atoms with Crippen LogP contribution in [0, 0.1) is 0 Å². The molecule has 0 saturated heterocycles. The fraction of sp³-hybridized carbons (Fsp3) is 0.286. The van der Waals surface area contributed by atoms with Gasteiger partial charge in [-0.1, -0.05) is 48.5 Å². The van der Waals surface area contributed by atoms with Gasteiger partial charge in [-0.3, -0.25) is 10.2 Å². The van der Waals surface area contributed by atoms with Gasteiger partial charge in [-0.05, 0) is 42.9 Å². The zero-order valence-electron chi connectivity index (χ0n) is 14.5. The van der Waals surface area contributed by atoms with Crippen molar-refractivity contribution in [1.82, 2.24) is 10.9 Å². The monoisotopic (exact) mass is 350 g/mol. The van der Waals surface area contributed by atoms with Gasteiger partial charge < -0.3 is 14.9 Å². The van der Waals surface area contributed by atoms with Crippen LogP contribution in [-0.2, 0) is 4.79 Å². The topological polar surface area (TPSA) is 59.6 Å². The molecule has 4 rings (SSSR count). The number of ether oxygens (including phenoxy) is 2. The Morgan fingerprint density at radius 2 is 1.77 bits per heavy atom. The third kappa shape index (κ3) is 3.67. The zero-order valence-corrected chi connectivity index (χ0v) is 14.5. The number of hydrazine groups is 1. The molecule has 0 spiro atoms. The third-order valence-corrected chi connectivity index (χ3v) is 4.83. The number of fused-ring (bicyclic) bond motifs is 1. The summed E-state index contributed by atoms with van der Waals surface area (Å²) in [5, 5.41) is 0. The number of carbonyl (C=O) groups is 1. The van der Waals surface area contributed by atoms with Gasteiger partial charge in [-0.25, -0.2) is 0 Å². The van der Waals surface area contributed by atoms with Crippen molar-refractivity contribution in [2.24, 2.45) is 0 Å². The summed E-state index contributed by atoms with van der Waals surface area (Å²) in [5.41, 5.74) is 8.20. The van der Waals surface area contributed by atoms with Gasteiger partial charge in [-0.15, -0.1) is 0 Å². The summed E-state index contributed by atoms with van der Waals surface area (Å²) in [7, 11) is 0. The predicted molar refractivity (Wildman–Crippen MR) is 98.7 cm³/mol. The van der Waals surface area contributed by atoms with E-state index >= 15 is 0 Å². The SMILES string of the molecule is O=C(NNC1=CC[C@H](c2ccccc2)CC1)[C@H]1COc2ccccc2O1. The van der Waals surface area contributed by atoms with Gasteiger partial charge in [0.05, 0.1) is 0 Å². The van der Waals surface area contributed by atoms with E-state index in [-0.39, 0.29) is 12.5 Å². The van der Waals surface area contributed by atoms with Crippen LogP contribution < -0.4 is 20.3 Å². The summed E-state index contributed by atoms with van der Waals surface area (Å²) < 4.78 is 11.3. The lowest BCUT2D eigenvalue weighted by atomic mass is 9.87. The number of nitrogens with one attached hydrogen (secondary N) is 2. The second-order valence-electron chi connectivity index (χ2n) is 6.59. The van der Waals surface area contributed by atoms with Crippen molar-refractivity contribution < 1.29 is 14.3 Å². The van der Waals surface area contributed by atoms with Crippen LogP contribution in [0.4, 0.5) is 0 Å². The van der Waals surface area contributed by atoms with Crippen LogP contribution in [0.15, 0.2) is 66.4 Å². The van der Waals surface area contributed by atoms with Crippen LogP contribution >= 0.6 is 0 Å². The van der Waals surface area contributed by atoms with Crippen molar-refractivity contribution in [3.63, 3.8) is 0 Å². The van der Waals surface area contributed by atoms with Crippen molar-refractivity contribution in [3.8, 4) is 11.5 Å². The van der Waals surface area contributed by atoms with Crippen molar-refractivity contribution >= 4 is 5.91 Å². The molecule has 1 aliphatic carbocycles. The molecule has 5 heteroatoms. The van der Waals surface area contributed by atoms with Gasteiger partial charge in [0, 0.05) is 5.70 Å². The molecule has 2 aliphatic rings. The minimum Gasteiger partial charge on any atom is -0.485 e. The first-order valence-corrected chi connectivity index (χ1v) is 8.98. The third-order valence-electron chi connectivity index (χ3n) is 4.83. The van der Waals surface area contributed by atoms with Crippen molar-refractivity contribution in [2.75, 3.05) is 6.61 Å². The summed E-state index contributed by atoms with van der Waals surface area (Å²) in [6.07, 6.45) is 4.45. The Kier molecular flexibility index (Phi) is 4.78. The quantitative estimate of drug-likeness (QED) is 0.831. The summed E-state index contributed by atoms with van der Waals surface area (Å²) in [5.74, 6) is 1.59. The maximum absolute atomic E-state index is 12.3. The fourth-order valence-corrected chi connectivity index (χ4v) is 3.35. The average Bonchev–Trinajstić information content (AvgIpc) is 2.72. The Bertz CT molecular complexity index is 804. The second-order valence-corrected chi connectivity index (χ2v) is 6.59. The zero-order chi connectivity index (χ0) is 17.8. The van der Waals surface area contributed by atoms with Gasteiger partial charge in [0.2, 0.25) is 6.10 Å². The number of benzene rings is 2. The molecule has 2 aromatic rings. The molecule has 2 N–H and O–H groups in total. The Morgan fingerprint density at radius 1 is 1.00 bits per heavy atom. The molecule has 2 atom stereocenters. The lowest BCUT2D eigenvalue weighted by molar-refractivity contribution is -0.131. The Hall–Kier alpha value is -2.95. The minimum absolute atomic E-state index is 0.208. The van der Waals surface area contributed by atoms with E-state index in [2.05, 4.69) is 41.2 Å². The maximum Gasteiger partial charge on any atom is 0.282 e. The van der Waals surface area contributed by atoms with Gasteiger partial charge in [0.1, 0.15) is 6.61 Å². The largest absolute Gasteiger partial charge is 0.485 e. The highest BCUT2D eigenvalue weighted by Gasteiger charge is 2.27. The van der Waals surface area contributed by atoms with Crippen LogP contribution in [0.5, 0.6) is 11.5 Å².